The maximum absolute atomic E-state index is 8.85. The predicted octanol–water partition coefficient (Wildman–Crippen LogP) is -2.98. The largest absolute Gasteiger partial charge is 0.394 e. The van der Waals surface area contributed by atoms with Crippen LogP contribution in [0.3, 0.4) is 0 Å². The SMILES string of the molecule is NC[C@@H](O)[C@H](O)C(O)CO. The molecule has 0 spiro atoms. The van der Waals surface area contributed by atoms with Crippen molar-refractivity contribution in [2.45, 2.75) is 18.3 Å². The summed E-state index contributed by atoms with van der Waals surface area (Å²) < 4.78 is 0. The van der Waals surface area contributed by atoms with Crippen molar-refractivity contribution in [2.24, 2.45) is 5.73 Å². The van der Waals surface area contributed by atoms with E-state index in [-0.39, 0.29) is 6.54 Å². The molecular formula is C5H13NO4. The molecule has 0 heterocycles. The molecule has 0 amide bonds. The van der Waals surface area contributed by atoms with Crippen LogP contribution >= 0.6 is 0 Å². The number of aliphatic hydroxyl groups excluding tert-OH is 4. The summed E-state index contributed by atoms with van der Waals surface area (Å²) in [7, 11) is 0. The number of hydrogen-bond acceptors (Lipinski definition) is 5. The summed E-state index contributed by atoms with van der Waals surface area (Å²) in [5.41, 5.74) is 4.96. The fraction of sp³-hybridized carbons (Fsp3) is 1.00. The van der Waals surface area contributed by atoms with Gasteiger partial charge in [0.25, 0.3) is 0 Å². The van der Waals surface area contributed by atoms with Crippen LogP contribution in [0, 0.1) is 0 Å². The highest BCUT2D eigenvalue weighted by Crippen LogP contribution is 1.97. The molecule has 3 atom stereocenters. The minimum Gasteiger partial charge on any atom is -0.394 e. The Balaban J connectivity index is 3.69. The number of hydrogen-bond donors (Lipinski definition) is 5. The van der Waals surface area contributed by atoms with Crippen molar-refractivity contribution in [2.75, 3.05) is 13.2 Å². The molecule has 5 heteroatoms. The first kappa shape index (κ1) is 9.80. The standard InChI is InChI=1S/C5H13NO4/c6-1-3(8)5(10)4(9)2-7/h3-5,7-10H,1-2,6H2/t3-,4?,5+/m1/s1. The molecule has 0 aromatic rings. The van der Waals surface area contributed by atoms with Gasteiger partial charge in [-0.05, 0) is 0 Å². The highest BCUT2D eigenvalue weighted by Gasteiger charge is 2.22. The maximum atomic E-state index is 8.85. The van der Waals surface area contributed by atoms with Gasteiger partial charge in [-0.15, -0.1) is 0 Å². The fourth-order valence-corrected chi connectivity index (χ4v) is 0.504. The normalized spacial score (nSPS) is 20.1. The van der Waals surface area contributed by atoms with Crippen molar-refractivity contribution in [1.29, 1.82) is 0 Å². The van der Waals surface area contributed by atoms with Gasteiger partial charge in [0.15, 0.2) is 0 Å². The molecule has 6 N–H and O–H groups in total. The zero-order valence-electron chi connectivity index (χ0n) is 5.51. The molecule has 0 radical (unpaired) electrons. The molecule has 0 bridgehead atoms. The molecule has 0 aliphatic heterocycles. The summed E-state index contributed by atoms with van der Waals surface area (Å²) in [6.45, 7) is -0.726. The third-order valence-corrected chi connectivity index (χ3v) is 1.22. The van der Waals surface area contributed by atoms with Crippen LogP contribution in [0.1, 0.15) is 0 Å². The van der Waals surface area contributed by atoms with E-state index in [1.807, 2.05) is 0 Å². The van der Waals surface area contributed by atoms with Crippen molar-refractivity contribution in [3.8, 4) is 0 Å². The van der Waals surface area contributed by atoms with Crippen molar-refractivity contribution < 1.29 is 20.4 Å². The van der Waals surface area contributed by atoms with E-state index in [0.717, 1.165) is 0 Å². The third-order valence-electron chi connectivity index (χ3n) is 1.22. The van der Waals surface area contributed by atoms with Gasteiger partial charge in [0.1, 0.15) is 12.2 Å². The lowest BCUT2D eigenvalue weighted by Gasteiger charge is -2.19. The Morgan fingerprint density at radius 3 is 1.90 bits per heavy atom. The molecule has 0 saturated heterocycles. The monoisotopic (exact) mass is 151 g/mol. The fourth-order valence-electron chi connectivity index (χ4n) is 0.504. The van der Waals surface area contributed by atoms with Crippen molar-refractivity contribution >= 4 is 0 Å². The lowest BCUT2D eigenvalue weighted by molar-refractivity contribution is -0.0727. The Morgan fingerprint density at radius 2 is 1.60 bits per heavy atom. The average molecular weight is 151 g/mol. The minimum atomic E-state index is -1.37. The Bertz CT molecular complexity index is 79.7. The van der Waals surface area contributed by atoms with Crippen LogP contribution in [0.4, 0.5) is 0 Å². The van der Waals surface area contributed by atoms with E-state index in [1.165, 1.54) is 0 Å². The van der Waals surface area contributed by atoms with Gasteiger partial charge in [0.2, 0.25) is 0 Å². The van der Waals surface area contributed by atoms with Crippen molar-refractivity contribution in [3.63, 3.8) is 0 Å². The molecular weight excluding hydrogens is 138 g/mol. The highest BCUT2D eigenvalue weighted by molar-refractivity contribution is 4.74. The predicted molar refractivity (Wildman–Crippen MR) is 34.2 cm³/mol. The van der Waals surface area contributed by atoms with E-state index in [4.69, 9.17) is 26.2 Å². The first-order valence-electron chi connectivity index (χ1n) is 2.98. The second-order valence-electron chi connectivity index (χ2n) is 2.04. The molecule has 0 aliphatic carbocycles. The summed E-state index contributed by atoms with van der Waals surface area (Å²) in [6, 6.07) is 0. The Hall–Kier alpha value is -0.200. The van der Waals surface area contributed by atoms with Gasteiger partial charge in [-0.3, -0.25) is 0 Å². The number of nitrogens with two attached hydrogens (primary N) is 1. The summed E-state index contributed by atoms with van der Waals surface area (Å²) in [5, 5.41) is 34.6. The van der Waals surface area contributed by atoms with Crippen LogP contribution < -0.4 is 5.73 Å². The van der Waals surface area contributed by atoms with E-state index in [9.17, 15) is 0 Å². The summed E-state index contributed by atoms with van der Waals surface area (Å²) >= 11 is 0. The quantitative estimate of drug-likeness (QED) is 0.295. The Morgan fingerprint density at radius 1 is 1.10 bits per heavy atom. The molecule has 0 fully saturated rings. The van der Waals surface area contributed by atoms with Gasteiger partial charge < -0.3 is 26.2 Å². The zero-order valence-corrected chi connectivity index (χ0v) is 5.51. The van der Waals surface area contributed by atoms with Crippen LogP contribution in [-0.4, -0.2) is 51.9 Å². The van der Waals surface area contributed by atoms with Crippen LogP contribution in [0.5, 0.6) is 0 Å². The molecule has 0 rings (SSSR count). The number of aliphatic hydroxyl groups is 4. The molecule has 5 nitrogen and oxygen atoms in total. The smallest absolute Gasteiger partial charge is 0.109 e. The first-order valence-corrected chi connectivity index (χ1v) is 2.98. The molecule has 0 aromatic heterocycles. The minimum absolute atomic E-state index is 0.141. The van der Waals surface area contributed by atoms with Gasteiger partial charge >= 0.3 is 0 Å². The van der Waals surface area contributed by atoms with E-state index in [0.29, 0.717) is 0 Å². The lowest BCUT2D eigenvalue weighted by Crippen LogP contribution is -2.43. The molecule has 0 aliphatic rings. The van der Waals surface area contributed by atoms with Crippen LogP contribution in [-0.2, 0) is 0 Å². The maximum Gasteiger partial charge on any atom is 0.109 e. The summed E-state index contributed by atoms with van der Waals surface area (Å²) in [6.07, 6.45) is -3.87. The second kappa shape index (κ2) is 4.59. The van der Waals surface area contributed by atoms with Crippen LogP contribution in [0.25, 0.3) is 0 Å². The first-order chi connectivity index (χ1) is 4.63. The van der Waals surface area contributed by atoms with Crippen molar-refractivity contribution in [3.05, 3.63) is 0 Å². The van der Waals surface area contributed by atoms with E-state index in [2.05, 4.69) is 0 Å². The topological polar surface area (TPSA) is 107 Å². The summed E-state index contributed by atoms with van der Waals surface area (Å²) in [4.78, 5) is 0. The molecule has 1 unspecified atom stereocenters. The van der Waals surface area contributed by atoms with Crippen LogP contribution in [0.2, 0.25) is 0 Å². The van der Waals surface area contributed by atoms with Gasteiger partial charge in [-0.2, -0.15) is 0 Å². The van der Waals surface area contributed by atoms with Crippen molar-refractivity contribution in [1.82, 2.24) is 0 Å². The molecule has 0 saturated carbocycles. The third kappa shape index (κ3) is 2.59. The van der Waals surface area contributed by atoms with Crippen LogP contribution in [0.15, 0.2) is 0 Å². The van der Waals surface area contributed by atoms with Gasteiger partial charge in [0.05, 0.1) is 12.7 Å². The molecule has 0 aromatic carbocycles. The molecule has 10 heavy (non-hydrogen) atoms. The average Bonchev–Trinajstić information content (AvgIpc) is 2.00. The Labute approximate surface area is 58.7 Å². The summed E-state index contributed by atoms with van der Waals surface area (Å²) in [5.74, 6) is 0. The van der Waals surface area contributed by atoms with E-state index >= 15 is 0 Å². The Kier molecular flexibility index (Phi) is 4.50. The second-order valence-corrected chi connectivity index (χ2v) is 2.04. The zero-order chi connectivity index (χ0) is 8.15. The van der Waals surface area contributed by atoms with E-state index < -0.39 is 24.9 Å². The van der Waals surface area contributed by atoms with Gasteiger partial charge in [-0.25, -0.2) is 0 Å². The number of rotatable bonds is 4. The van der Waals surface area contributed by atoms with Gasteiger partial charge in [0, 0.05) is 6.54 Å². The highest BCUT2D eigenvalue weighted by atomic mass is 16.4. The molecule has 62 valence electrons. The van der Waals surface area contributed by atoms with E-state index in [1.54, 1.807) is 0 Å². The van der Waals surface area contributed by atoms with Gasteiger partial charge in [-0.1, -0.05) is 0 Å². The lowest BCUT2D eigenvalue weighted by atomic mass is 10.1.